The third-order valence-electron chi connectivity index (χ3n) is 4.93. The zero-order valence-corrected chi connectivity index (χ0v) is 17.4. The maximum absolute atomic E-state index is 5.84. The van der Waals surface area contributed by atoms with Crippen molar-refractivity contribution in [1.82, 2.24) is 19.2 Å². The Labute approximate surface area is 175 Å². The van der Waals surface area contributed by atoms with Gasteiger partial charge in [-0.3, -0.25) is 9.47 Å². The number of methoxy groups -OCH3 is 2. The Kier molecular flexibility index (Phi) is 5.94. The topological polar surface area (TPSA) is 53.7 Å². The van der Waals surface area contributed by atoms with Gasteiger partial charge in [0.2, 0.25) is 4.77 Å². The summed E-state index contributed by atoms with van der Waals surface area (Å²) in [5.74, 6) is 2.10. The van der Waals surface area contributed by atoms with Gasteiger partial charge in [-0.1, -0.05) is 30.3 Å². The highest BCUT2D eigenvalue weighted by molar-refractivity contribution is 7.71. The van der Waals surface area contributed by atoms with Gasteiger partial charge in [0.25, 0.3) is 0 Å². The molecule has 0 radical (unpaired) electrons. The van der Waals surface area contributed by atoms with Gasteiger partial charge in [-0.2, -0.15) is 0 Å². The number of rotatable bonds is 6. The molecule has 0 aliphatic carbocycles. The van der Waals surface area contributed by atoms with E-state index in [-0.39, 0.29) is 0 Å². The molecular weight excluding hydrogens is 388 g/mol. The second-order valence-corrected chi connectivity index (χ2v) is 7.08. The average Bonchev–Trinajstić information content (AvgIpc) is 3.10. The standard InChI is InChI=1S/C21H24N4O3S/c1-26-18-9-8-17(14-19(18)27-2)25-20(16-6-4-3-5-7-16)22-24(21(25)29)15-23-10-12-28-13-11-23/h3-9,14H,10-13,15H2,1-2H3. The second kappa shape index (κ2) is 8.77. The van der Waals surface area contributed by atoms with E-state index in [1.54, 1.807) is 14.2 Å². The number of aromatic nitrogens is 3. The predicted molar refractivity (Wildman–Crippen MR) is 113 cm³/mol. The summed E-state index contributed by atoms with van der Waals surface area (Å²) in [6.45, 7) is 3.82. The molecule has 29 heavy (non-hydrogen) atoms. The van der Waals surface area contributed by atoms with Crippen molar-refractivity contribution < 1.29 is 14.2 Å². The largest absolute Gasteiger partial charge is 0.493 e. The van der Waals surface area contributed by atoms with E-state index in [9.17, 15) is 0 Å². The lowest BCUT2D eigenvalue weighted by Gasteiger charge is -2.26. The third-order valence-corrected chi connectivity index (χ3v) is 5.33. The van der Waals surface area contributed by atoms with Crippen LogP contribution in [0.1, 0.15) is 0 Å². The van der Waals surface area contributed by atoms with Gasteiger partial charge in [-0.05, 0) is 24.4 Å². The van der Waals surface area contributed by atoms with Gasteiger partial charge in [0.05, 0.1) is 39.8 Å². The fourth-order valence-corrected chi connectivity index (χ4v) is 3.69. The minimum Gasteiger partial charge on any atom is -0.493 e. The lowest BCUT2D eigenvalue weighted by atomic mass is 10.2. The van der Waals surface area contributed by atoms with Crippen LogP contribution >= 0.6 is 12.2 Å². The van der Waals surface area contributed by atoms with Gasteiger partial charge in [0.15, 0.2) is 17.3 Å². The van der Waals surface area contributed by atoms with E-state index in [1.165, 1.54) is 0 Å². The average molecular weight is 413 g/mol. The first-order chi connectivity index (χ1) is 14.2. The molecule has 3 aromatic rings. The normalized spacial score (nSPS) is 14.7. The fraction of sp³-hybridized carbons (Fsp3) is 0.333. The number of morpholine rings is 1. The molecule has 4 rings (SSSR count). The van der Waals surface area contributed by atoms with E-state index in [2.05, 4.69) is 4.90 Å². The summed E-state index contributed by atoms with van der Waals surface area (Å²) in [5.41, 5.74) is 1.87. The summed E-state index contributed by atoms with van der Waals surface area (Å²) in [5, 5.41) is 4.87. The first-order valence-corrected chi connectivity index (χ1v) is 9.90. The van der Waals surface area contributed by atoms with Gasteiger partial charge in [0.1, 0.15) is 0 Å². The molecule has 1 aliphatic heterocycles. The summed E-state index contributed by atoms with van der Waals surface area (Å²) in [6, 6.07) is 15.8. The van der Waals surface area contributed by atoms with Gasteiger partial charge in [-0.15, -0.1) is 5.10 Å². The maximum atomic E-state index is 5.84. The molecule has 7 nitrogen and oxygen atoms in total. The number of benzene rings is 2. The van der Waals surface area contributed by atoms with Crippen molar-refractivity contribution in [2.45, 2.75) is 6.67 Å². The molecule has 0 spiro atoms. The van der Waals surface area contributed by atoms with Crippen LogP contribution in [0.4, 0.5) is 0 Å². The summed E-state index contributed by atoms with van der Waals surface area (Å²) in [6.07, 6.45) is 0. The van der Waals surface area contributed by atoms with Gasteiger partial charge >= 0.3 is 0 Å². The van der Waals surface area contributed by atoms with Crippen LogP contribution in [-0.4, -0.2) is 59.8 Å². The van der Waals surface area contributed by atoms with Crippen molar-refractivity contribution >= 4 is 12.2 Å². The predicted octanol–water partition coefficient (Wildman–Crippen LogP) is 3.38. The second-order valence-electron chi connectivity index (χ2n) is 6.72. The lowest BCUT2D eigenvalue weighted by molar-refractivity contribution is 0.0210. The van der Waals surface area contributed by atoms with E-state index in [0.29, 0.717) is 22.9 Å². The summed E-state index contributed by atoms with van der Waals surface area (Å²) < 4.78 is 20.8. The van der Waals surface area contributed by atoms with E-state index < -0.39 is 0 Å². The molecule has 1 aromatic heterocycles. The maximum Gasteiger partial charge on any atom is 0.204 e. The molecule has 152 valence electrons. The van der Waals surface area contributed by atoms with Gasteiger partial charge < -0.3 is 14.2 Å². The number of ether oxygens (including phenoxy) is 3. The van der Waals surface area contributed by atoms with Crippen molar-refractivity contribution in [1.29, 1.82) is 0 Å². The molecule has 1 fully saturated rings. The molecule has 0 amide bonds. The molecule has 0 atom stereocenters. The van der Waals surface area contributed by atoms with Crippen LogP contribution in [0.3, 0.4) is 0 Å². The SMILES string of the molecule is COc1ccc(-n2c(-c3ccccc3)nn(CN3CCOCC3)c2=S)cc1OC. The highest BCUT2D eigenvalue weighted by atomic mass is 32.1. The van der Waals surface area contributed by atoms with E-state index >= 15 is 0 Å². The van der Waals surface area contributed by atoms with Crippen LogP contribution in [0.25, 0.3) is 17.1 Å². The molecule has 1 aliphatic rings. The zero-order chi connectivity index (χ0) is 20.2. The van der Waals surface area contributed by atoms with E-state index in [1.807, 2.05) is 57.8 Å². The smallest absolute Gasteiger partial charge is 0.204 e. The Balaban J connectivity index is 1.82. The van der Waals surface area contributed by atoms with Crippen LogP contribution in [0.5, 0.6) is 11.5 Å². The monoisotopic (exact) mass is 412 g/mol. The zero-order valence-electron chi connectivity index (χ0n) is 16.6. The Hall–Kier alpha value is -2.68. The van der Waals surface area contributed by atoms with E-state index in [4.69, 9.17) is 31.5 Å². The first kappa shape index (κ1) is 19.6. The number of nitrogens with zero attached hydrogens (tertiary/aromatic N) is 4. The molecule has 0 bridgehead atoms. The molecular formula is C21H24N4O3S. The van der Waals surface area contributed by atoms with Crippen LogP contribution in [0, 0.1) is 4.77 Å². The minimum atomic E-state index is 0.627. The van der Waals surface area contributed by atoms with Crippen LogP contribution < -0.4 is 9.47 Å². The highest BCUT2D eigenvalue weighted by Crippen LogP contribution is 2.31. The molecule has 2 heterocycles. The number of hydrogen-bond donors (Lipinski definition) is 0. The Bertz CT molecular complexity index is 1030. The minimum absolute atomic E-state index is 0.627. The quantitative estimate of drug-likeness (QED) is 0.579. The molecule has 8 heteroatoms. The molecule has 0 saturated carbocycles. The lowest BCUT2D eigenvalue weighted by Crippen LogP contribution is -2.37. The van der Waals surface area contributed by atoms with Crippen LogP contribution in [-0.2, 0) is 11.4 Å². The van der Waals surface area contributed by atoms with Crippen molar-refractivity contribution in [3.05, 3.63) is 53.3 Å². The molecule has 0 unspecified atom stereocenters. The first-order valence-electron chi connectivity index (χ1n) is 9.49. The number of hydrogen-bond acceptors (Lipinski definition) is 6. The third kappa shape index (κ3) is 4.05. The molecule has 0 N–H and O–H groups in total. The summed E-state index contributed by atoms with van der Waals surface area (Å²) in [4.78, 5) is 2.29. The highest BCUT2D eigenvalue weighted by Gasteiger charge is 2.18. The van der Waals surface area contributed by atoms with Crippen molar-refractivity contribution in [3.63, 3.8) is 0 Å². The van der Waals surface area contributed by atoms with E-state index in [0.717, 1.165) is 43.4 Å². The van der Waals surface area contributed by atoms with Crippen molar-refractivity contribution in [2.75, 3.05) is 40.5 Å². The molecule has 2 aromatic carbocycles. The summed E-state index contributed by atoms with van der Waals surface area (Å²) >= 11 is 5.84. The summed E-state index contributed by atoms with van der Waals surface area (Å²) in [7, 11) is 3.25. The van der Waals surface area contributed by atoms with Crippen molar-refractivity contribution in [2.24, 2.45) is 0 Å². The fourth-order valence-electron chi connectivity index (χ4n) is 3.40. The Morgan fingerprint density at radius 3 is 2.41 bits per heavy atom. The van der Waals surface area contributed by atoms with Crippen molar-refractivity contribution in [3.8, 4) is 28.6 Å². The Morgan fingerprint density at radius 1 is 1.00 bits per heavy atom. The molecule has 1 saturated heterocycles. The Morgan fingerprint density at radius 2 is 1.72 bits per heavy atom. The van der Waals surface area contributed by atoms with Gasteiger partial charge in [0, 0.05) is 24.7 Å². The van der Waals surface area contributed by atoms with Crippen LogP contribution in [0.2, 0.25) is 0 Å². The van der Waals surface area contributed by atoms with Gasteiger partial charge in [-0.25, -0.2) is 4.68 Å². The van der Waals surface area contributed by atoms with Crippen LogP contribution in [0.15, 0.2) is 48.5 Å².